The van der Waals surface area contributed by atoms with Gasteiger partial charge < -0.3 is 4.90 Å². The van der Waals surface area contributed by atoms with E-state index in [1.165, 1.54) is 40.7 Å². The van der Waals surface area contributed by atoms with Gasteiger partial charge in [0.25, 0.3) is 0 Å². The largest absolute Gasteiger partial charge is 0.342 e. The van der Waals surface area contributed by atoms with Gasteiger partial charge in [0.1, 0.15) is 0 Å². The Morgan fingerprint density at radius 1 is 1.11 bits per heavy atom. The van der Waals surface area contributed by atoms with Crippen LogP contribution in [-0.2, 0) is 33.9 Å². The zero-order chi connectivity index (χ0) is 20.7. The van der Waals surface area contributed by atoms with E-state index in [1.807, 2.05) is 4.90 Å². The predicted molar refractivity (Wildman–Crippen MR) is 114 cm³/mol. The van der Waals surface area contributed by atoms with Crippen LogP contribution in [-0.4, -0.2) is 42.8 Å². The van der Waals surface area contributed by atoms with Gasteiger partial charge in [0.05, 0.1) is 16.9 Å². The van der Waals surface area contributed by atoms with Crippen molar-refractivity contribution in [1.82, 2.24) is 4.90 Å². The molecule has 0 atom stereocenters. The summed E-state index contributed by atoms with van der Waals surface area (Å²) in [6.45, 7) is 11.0. The van der Waals surface area contributed by atoms with Crippen LogP contribution in [0, 0.1) is 19.8 Å². The number of likely N-dealkylation sites (tertiary alicyclic amines) is 1. The van der Waals surface area contributed by atoms with Gasteiger partial charge in [0.15, 0.2) is 9.84 Å². The molecule has 1 heterocycles. The van der Waals surface area contributed by atoms with E-state index in [1.54, 1.807) is 20.8 Å². The molecule has 0 bridgehead atoms. The lowest BCUT2D eigenvalue weighted by Crippen LogP contribution is -2.42. The maximum absolute atomic E-state index is 12.9. The summed E-state index contributed by atoms with van der Waals surface area (Å²) in [4.78, 5) is 14.8. The van der Waals surface area contributed by atoms with Crippen molar-refractivity contribution in [2.45, 2.75) is 77.9 Å². The van der Waals surface area contributed by atoms with Gasteiger partial charge in [-0.2, -0.15) is 0 Å². The second-order valence-corrected chi connectivity index (χ2v) is 12.5. The summed E-state index contributed by atoms with van der Waals surface area (Å²) in [6, 6.07) is 2.21. The molecule has 1 aliphatic heterocycles. The number of amides is 1. The normalized spacial score (nSPS) is 18.4. The second kappa shape index (κ2) is 7.81. The molecule has 2 aliphatic rings. The number of nitrogens with zero attached hydrogens (tertiary/aromatic N) is 1. The molecule has 3 rings (SSSR count). The van der Waals surface area contributed by atoms with Crippen LogP contribution in [0.4, 0.5) is 0 Å². The third-order valence-corrected chi connectivity index (χ3v) is 9.49. The van der Waals surface area contributed by atoms with Crippen LogP contribution in [0.1, 0.15) is 67.9 Å². The van der Waals surface area contributed by atoms with Crippen molar-refractivity contribution in [3.05, 3.63) is 33.9 Å². The highest BCUT2D eigenvalue weighted by Gasteiger charge is 2.33. The van der Waals surface area contributed by atoms with Crippen molar-refractivity contribution >= 4 is 15.7 Å². The van der Waals surface area contributed by atoms with Crippen molar-refractivity contribution < 1.29 is 13.2 Å². The third-order valence-electron chi connectivity index (χ3n) is 6.72. The first-order valence-electron chi connectivity index (χ1n) is 10.6. The summed E-state index contributed by atoms with van der Waals surface area (Å²) in [5.41, 5.74) is 6.76. The highest BCUT2D eigenvalue weighted by Crippen LogP contribution is 2.31. The molecule has 0 saturated carbocycles. The number of aryl methyl sites for hydroxylation is 1. The number of carbonyl (C=O) groups is 1. The van der Waals surface area contributed by atoms with E-state index in [0.717, 1.165) is 19.3 Å². The van der Waals surface area contributed by atoms with Gasteiger partial charge in [0.2, 0.25) is 5.91 Å². The SMILES string of the molecule is Cc1cc(CC(=O)N2CCC(CS(=O)(=O)C(C)(C)C)CC2)c(C)c2c1CCC2. The number of benzene rings is 1. The minimum absolute atomic E-state index is 0.164. The molecule has 0 unspecified atom stereocenters. The Morgan fingerprint density at radius 3 is 2.32 bits per heavy atom. The van der Waals surface area contributed by atoms with Gasteiger partial charge in [-0.25, -0.2) is 8.42 Å². The molecule has 0 radical (unpaired) electrons. The number of hydrogen-bond donors (Lipinski definition) is 0. The Balaban J connectivity index is 1.60. The molecule has 1 aromatic carbocycles. The Bertz CT molecular complexity index is 857. The maximum atomic E-state index is 12.9. The fraction of sp³-hybridized carbons (Fsp3) is 0.696. The fourth-order valence-corrected chi connectivity index (χ4v) is 6.06. The number of hydrogen-bond acceptors (Lipinski definition) is 3. The Kier molecular flexibility index (Phi) is 5.96. The lowest BCUT2D eigenvalue weighted by Gasteiger charge is -2.33. The van der Waals surface area contributed by atoms with Crippen molar-refractivity contribution in [2.24, 2.45) is 5.92 Å². The first kappa shape index (κ1) is 21.4. The van der Waals surface area contributed by atoms with Crippen LogP contribution in [0.3, 0.4) is 0 Å². The van der Waals surface area contributed by atoms with Crippen molar-refractivity contribution in [3.63, 3.8) is 0 Å². The Morgan fingerprint density at radius 2 is 1.71 bits per heavy atom. The minimum Gasteiger partial charge on any atom is -0.342 e. The highest BCUT2D eigenvalue weighted by molar-refractivity contribution is 7.92. The molecular formula is C23H35NO3S. The monoisotopic (exact) mass is 405 g/mol. The van der Waals surface area contributed by atoms with Gasteiger partial charge in [-0.3, -0.25) is 4.79 Å². The van der Waals surface area contributed by atoms with E-state index in [4.69, 9.17) is 0 Å². The van der Waals surface area contributed by atoms with Crippen LogP contribution >= 0.6 is 0 Å². The Hall–Kier alpha value is -1.36. The number of carbonyl (C=O) groups excluding carboxylic acids is 1. The van der Waals surface area contributed by atoms with Crippen LogP contribution in [0.2, 0.25) is 0 Å². The molecule has 0 aromatic heterocycles. The van der Waals surface area contributed by atoms with Crippen LogP contribution in [0.15, 0.2) is 6.07 Å². The molecular weight excluding hydrogens is 370 g/mol. The zero-order valence-electron chi connectivity index (χ0n) is 18.1. The molecule has 1 aromatic rings. The molecule has 28 heavy (non-hydrogen) atoms. The number of fused-ring (bicyclic) bond motifs is 1. The van der Waals surface area contributed by atoms with Crippen molar-refractivity contribution in [3.8, 4) is 0 Å². The lowest BCUT2D eigenvalue weighted by molar-refractivity contribution is -0.131. The maximum Gasteiger partial charge on any atom is 0.226 e. The summed E-state index contributed by atoms with van der Waals surface area (Å²) in [5, 5.41) is 0. The molecule has 1 saturated heterocycles. The van der Waals surface area contributed by atoms with E-state index in [-0.39, 0.29) is 17.6 Å². The van der Waals surface area contributed by atoms with E-state index < -0.39 is 14.6 Å². The quantitative estimate of drug-likeness (QED) is 0.766. The lowest BCUT2D eigenvalue weighted by atomic mass is 9.92. The third kappa shape index (κ3) is 4.29. The van der Waals surface area contributed by atoms with Gasteiger partial charge in [-0.1, -0.05) is 6.07 Å². The van der Waals surface area contributed by atoms with Gasteiger partial charge in [-0.15, -0.1) is 0 Å². The number of sulfone groups is 1. The molecule has 0 spiro atoms. The fourth-order valence-electron chi connectivity index (χ4n) is 4.61. The van der Waals surface area contributed by atoms with E-state index >= 15 is 0 Å². The summed E-state index contributed by atoms with van der Waals surface area (Å²) in [6.07, 6.45) is 5.55. The van der Waals surface area contributed by atoms with E-state index in [0.29, 0.717) is 19.5 Å². The molecule has 1 aliphatic carbocycles. The first-order valence-corrected chi connectivity index (χ1v) is 12.3. The smallest absolute Gasteiger partial charge is 0.226 e. The summed E-state index contributed by atoms with van der Waals surface area (Å²) in [7, 11) is -3.10. The molecule has 156 valence electrons. The molecule has 0 N–H and O–H groups in total. The molecule has 1 amide bonds. The Labute approximate surface area is 170 Å². The van der Waals surface area contributed by atoms with Crippen LogP contribution < -0.4 is 0 Å². The molecule has 1 fully saturated rings. The van der Waals surface area contributed by atoms with Crippen molar-refractivity contribution in [1.29, 1.82) is 0 Å². The molecule has 4 nitrogen and oxygen atoms in total. The zero-order valence-corrected chi connectivity index (χ0v) is 18.9. The standard InChI is InChI=1S/C23H35NO3S/c1-16-13-19(17(2)21-8-6-7-20(16)21)14-22(25)24-11-9-18(10-12-24)15-28(26,27)23(3,4)5/h13,18H,6-12,14-15H2,1-5H3. The van der Waals surface area contributed by atoms with Crippen LogP contribution in [0.5, 0.6) is 0 Å². The number of rotatable bonds is 4. The minimum atomic E-state index is -3.10. The second-order valence-electron chi connectivity index (χ2n) is 9.68. The topological polar surface area (TPSA) is 54.5 Å². The summed E-state index contributed by atoms with van der Waals surface area (Å²) in [5.74, 6) is 0.580. The molecule has 5 heteroatoms. The van der Waals surface area contributed by atoms with E-state index in [9.17, 15) is 13.2 Å². The average molecular weight is 406 g/mol. The van der Waals surface area contributed by atoms with E-state index in [2.05, 4.69) is 19.9 Å². The first-order chi connectivity index (χ1) is 13.0. The average Bonchev–Trinajstić information content (AvgIpc) is 3.09. The highest BCUT2D eigenvalue weighted by atomic mass is 32.2. The summed E-state index contributed by atoms with van der Waals surface area (Å²) >= 11 is 0. The van der Waals surface area contributed by atoms with Crippen molar-refractivity contribution in [2.75, 3.05) is 18.8 Å². The van der Waals surface area contributed by atoms with Gasteiger partial charge in [0, 0.05) is 13.1 Å². The summed E-state index contributed by atoms with van der Waals surface area (Å²) < 4.78 is 24.2. The van der Waals surface area contributed by atoms with Crippen LogP contribution in [0.25, 0.3) is 0 Å². The predicted octanol–water partition coefficient (Wildman–Crippen LogP) is 3.79. The number of piperidine rings is 1. The van der Waals surface area contributed by atoms with Gasteiger partial charge >= 0.3 is 0 Å². The van der Waals surface area contributed by atoms with Gasteiger partial charge in [-0.05, 0) is 100 Å².